The maximum Gasteiger partial charge on any atom is 0.280 e. The summed E-state index contributed by atoms with van der Waals surface area (Å²) in [5, 5.41) is 8.78. The van der Waals surface area contributed by atoms with Crippen LogP contribution in [0.4, 0.5) is 14.6 Å². The van der Waals surface area contributed by atoms with E-state index < -0.39 is 6.43 Å². The van der Waals surface area contributed by atoms with Crippen LogP contribution in [-0.2, 0) is 11.8 Å². The first-order chi connectivity index (χ1) is 7.10. The van der Waals surface area contributed by atoms with Crippen molar-refractivity contribution in [3.8, 4) is 6.07 Å². The molecule has 0 saturated carbocycles. The number of aromatic nitrogens is 1. The van der Waals surface area contributed by atoms with E-state index in [4.69, 9.17) is 11.0 Å². The number of hydrogen-bond acceptors (Lipinski definition) is 3. The third-order valence-corrected chi connectivity index (χ3v) is 2.44. The molecular formula is C9H8BrF2N3. The van der Waals surface area contributed by atoms with Crippen LogP contribution >= 0.6 is 15.9 Å². The zero-order chi connectivity index (χ0) is 11.4. The normalized spacial score (nSPS) is 10.3. The minimum absolute atomic E-state index is 0.0141. The Hall–Kier alpha value is -1.22. The highest BCUT2D eigenvalue weighted by atomic mass is 79.9. The van der Waals surface area contributed by atoms with Gasteiger partial charge in [-0.15, -0.1) is 0 Å². The molecule has 1 aromatic rings. The number of nitrogen functional groups attached to an aromatic ring is 1. The van der Waals surface area contributed by atoms with Gasteiger partial charge in [-0.05, 0) is 17.2 Å². The third kappa shape index (κ3) is 2.63. The average molecular weight is 276 g/mol. The van der Waals surface area contributed by atoms with Crippen molar-refractivity contribution in [1.82, 2.24) is 4.98 Å². The summed E-state index contributed by atoms with van der Waals surface area (Å²) in [6.45, 7) is 0. The molecule has 0 aliphatic heterocycles. The van der Waals surface area contributed by atoms with Crippen LogP contribution in [0.15, 0.2) is 6.07 Å². The van der Waals surface area contributed by atoms with Gasteiger partial charge in [0.2, 0.25) is 0 Å². The summed E-state index contributed by atoms with van der Waals surface area (Å²) in [5.41, 5.74) is 5.88. The van der Waals surface area contributed by atoms with Gasteiger partial charge in [0.25, 0.3) is 6.43 Å². The molecule has 0 radical (unpaired) electrons. The summed E-state index contributed by atoms with van der Waals surface area (Å²) in [4.78, 5) is 3.57. The lowest BCUT2D eigenvalue weighted by molar-refractivity contribution is 0.145. The van der Waals surface area contributed by atoms with E-state index in [0.29, 0.717) is 11.1 Å². The molecule has 80 valence electrons. The predicted octanol–water partition coefficient (Wildman–Crippen LogP) is 2.56. The Kier molecular flexibility index (Phi) is 3.97. The molecule has 2 N–H and O–H groups in total. The molecule has 0 unspecified atom stereocenters. The number of nitrogens with two attached hydrogens (primary N) is 1. The van der Waals surface area contributed by atoms with Gasteiger partial charge < -0.3 is 5.73 Å². The fraction of sp³-hybridized carbons (Fsp3) is 0.333. The maximum atomic E-state index is 12.6. The van der Waals surface area contributed by atoms with Crippen molar-refractivity contribution >= 4 is 21.7 Å². The number of nitrogens with zero attached hydrogens (tertiary/aromatic N) is 2. The number of halogens is 3. The Morgan fingerprint density at radius 1 is 1.60 bits per heavy atom. The second-order valence-corrected chi connectivity index (χ2v) is 3.40. The molecule has 1 heterocycles. The lowest BCUT2D eigenvalue weighted by Gasteiger charge is -2.10. The zero-order valence-electron chi connectivity index (χ0n) is 7.67. The molecule has 0 aliphatic rings. The van der Waals surface area contributed by atoms with E-state index in [2.05, 4.69) is 20.9 Å². The first kappa shape index (κ1) is 11.9. The van der Waals surface area contributed by atoms with Gasteiger partial charge in [-0.2, -0.15) is 5.26 Å². The smallest absolute Gasteiger partial charge is 0.280 e. The van der Waals surface area contributed by atoms with Crippen LogP contribution in [-0.4, -0.2) is 4.98 Å². The van der Waals surface area contributed by atoms with Crippen LogP contribution in [0.5, 0.6) is 0 Å². The summed E-state index contributed by atoms with van der Waals surface area (Å²) in [5.74, 6) is 0.0141. The van der Waals surface area contributed by atoms with E-state index >= 15 is 0 Å². The fourth-order valence-electron chi connectivity index (χ4n) is 1.25. The molecule has 0 amide bonds. The number of hydrogen-bond donors (Lipinski definition) is 1. The zero-order valence-corrected chi connectivity index (χ0v) is 9.26. The van der Waals surface area contributed by atoms with Crippen molar-refractivity contribution in [2.45, 2.75) is 18.2 Å². The van der Waals surface area contributed by atoms with Crippen molar-refractivity contribution in [1.29, 1.82) is 5.26 Å². The molecule has 0 spiro atoms. The summed E-state index contributed by atoms with van der Waals surface area (Å²) in [6, 6.07) is 3.35. The average Bonchev–Trinajstić information content (AvgIpc) is 2.17. The van der Waals surface area contributed by atoms with E-state index in [-0.39, 0.29) is 23.3 Å². The molecule has 0 aliphatic carbocycles. The largest absolute Gasteiger partial charge is 0.384 e. The Bertz CT molecular complexity index is 401. The van der Waals surface area contributed by atoms with E-state index in [1.165, 1.54) is 6.07 Å². The van der Waals surface area contributed by atoms with Crippen LogP contribution in [0.25, 0.3) is 0 Å². The number of pyridine rings is 1. The van der Waals surface area contributed by atoms with Crippen LogP contribution in [0.3, 0.4) is 0 Å². The molecule has 0 aromatic carbocycles. The minimum atomic E-state index is -2.68. The van der Waals surface area contributed by atoms with Gasteiger partial charge in [0.1, 0.15) is 11.5 Å². The fourth-order valence-corrected chi connectivity index (χ4v) is 1.89. The highest BCUT2D eigenvalue weighted by Crippen LogP contribution is 2.27. The number of nitriles is 1. The summed E-state index contributed by atoms with van der Waals surface area (Å²) in [7, 11) is 0. The van der Waals surface area contributed by atoms with Crippen molar-refractivity contribution < 1.29 is 8.78 Å². The van der Waals surface area contributed by atoms with Gasteiger partial charge in [0.05, 0.1) is 12.5 Å². The quantitative estimate of drug-likeness (QED) is 0.863. The summed E-state index contributed by atoms with van der Waals surface area (Å²) in [6.07, 6.45) is -2.63. The minimum Gasteiger partial charge on any atom is -0.384 e. The Morgan fingerprint density at radius 3 is 2.73 bits per heavy atom. The molecule has 0 saturated heterocycles. The van der Waals surface area contributed by atoms with Crippen LogP contribution < -0.4 is 5.73 Å². The van der Waals surface area contributed by atoms with Gasteiger partial charge in [0.15, 0.2) is 0 Å². The van der Waals surface area contributed by atoms with E-state index in [9.17, 15) is 8.78 Å². The van der Waals surface area contributed by atoms with Crippen molar-refractivity contribution in [3.63, 3.8) is 0 Å². The highest BCUT2D eigenvalue weighted by molar-refractivity contribution is 9.08. The van der Waals surface area contributed by atoms with Crippen molar-refractivity contribution in [2.75, 3.05) is 5.73 Å². The standard InChI is InChI=1S/C9H8BrF2N3/c10-4-6-5(1-2-13)3-7(14)15-8(6)9(11)12/h3,9H,1,4H2,(H2,14,15). The van der Waals surface area contributed by atoms with Gasteiger partial charge >= 0.3 is 0 Å². The van der Waals surface area contributed by atoms with Crippen LogP contribution in [0.1, 0.15) is 23.2 Å². The van der Waals surface area contributed by atoms with E-state index in [1.807, 2.05) is 6.07 Å². The molecule has 15 heavy (non-hydrogen) atoms. The Balaban J connectivity index is 3.33. The summed E-state index contributed by atoms with van der Waals surface area (Å²) >= 11 is 3.10. The molecule has 6 heteroatoms. The number of alkyl halides is 3. The van der Waals surface area contributed by atoms with Crippen molar-refractivity contribution in [2.24, 2.45) is 0 Å². The molecule has 1 aromatic heterocycles. The first-order valence-electron chi connectivity index (χ1n) is 4.09. The maximum absolute atomic E-state index is 12.6. The van der Waals surface area contributed by atoms with Gasteiger partial charge in [-0.25, -0.2) is 13.8 Å². The third-order valence-electron chi connectivity index (χ3n) is 1.88. The molecule has 0 atom stereocenters. The molecule has 0 fully saturated rings. The van der Waals surface area contributed by atoms with E-state index in [0.717, 1.165) is 0 Å². The lowest BCUT2D eigenvalue weighted by atomic mass is 10.1. The Morgan fingerprint density at radius 2 is 2.27 bits per heavy atom. The second-order valence-electron chi connectivity index (χ2n) is 2.84. The van der Waals surface area contributed by atoms with Gasteiger partial charge in [-0.3, -0.25) is 0 Å². The highest BCUT2D eigenvalue weighted by Gasteiger charge is 2.18. The monoisotopic (exact) mass is 275 g/mol. The molecular weight excluding hydrogens is 268 g/mol. The Labute approximate surface area is 94.0 Å². The van der Waals surface area contributed by atoms with Crippen LogP contribution in [0.2, 0.25) is 0 Å². The topological polar surface area (TPSA) is 62.7 Å². The molecule has 0 bridgehead atoms. The molecule has 1 rings (SSSR count). The summed E-state index contributed by atoms with van der Waals surface area (Å²) < 4.78 is 25.2. The lowest BCUT2D eigenvalue weighted by Crippen LogP contribution is -2.05. The number of anilines is 1. The SMILES string of the molecule is N#CCc1cc(N)nc(C(F)F)c1CBr. The first-order valence-corrected chi connectivity index (χ1v) is 5.21. The predicted molar refractivity (Wildman–Crippen MR) is 55.6 cm³/mol. The van der Waals surface area contributed by atoms with Gasteiger partial charge in [0, 0.05) is 5.33 Å². The second kappa shape index (κ2) is 5.03. The van der Waals surface area contributed by atoms with E-state index in [1.54, 1.807) is 0 Å². The molecule has 3 nitrogen and oxygen atoms in total. The van der Waals surface area contributed by atoms with Gasteiger partial charge in [-0.1, -0.05) is 15.9 Å². The van der Waals surface area contributed by atoms with Crippen molar-refractivity contribution in [3.05, 3.63) is 22.9 Å². The number of rotatable bonds is 3. The van der Waals surface area contributed by atoms with Crippen LogP contribution in [0, 0.1) is 11.3 Å².